The average molecular weight is 393 g/mol. The quantitative estimate of drug-likeness (QED) is 0.811. The van der Waals surface area contributed by atoms with Crippen LogP contribution in [0, 0.1) is 23.2 Å². The van der Waals surface area contributed by atoms with Crippen molar-refractivity contribution < 1.29 is 9.53 Å². The van der Waals surface area contributed by atoms with Crippen LogP contribution in [0.2, 0.25) is 0 Å². The normalized spacial score (nSPS) is 39.9. The van der Waals surface area contributed by atoms with Gasteiger partial charge in [-0.3, -0.25) is 4.79 Å². The summed E-state index contributed by atoms with van der Waals surface area (Å²) in [4.78, 5) is 18.1. The van der Waals surface area contributed by atoms with Gasteiger partial charge in [-0.2, -0.15) is 0 Å². The Morgan fingerprint density at radius 3 is 2.52 bits per heavy atom. The molecule has 1 aromatic carbocycles. The van der Waals surface area contributed by atoms with E-state index in [0.717, 1.165) is 37.2 Å². The van der Waals surface area contributed by atoms with Crippen LogP contribution in [0.5, 0.6) is 0 Å². The van der Waals surface area contributed by atoms with E-state index in [4.69, 9.17) is 9.73 Å². The van der Waals surface area contributed by atoms with E-state index in [9.17, 15) is 4.79 Å². The lowest BCUT2D eigenvalue weighted by molar-refractivity contribution is -0.128. The lowest BCUT2D eigenvalue weighted by Gasteiger charge is -2.50. The molecule has 4 unspecified atom stereocenters. The summed E-state index contributed by atoms with van der Waals surface area (Å²) in [5, 5.41) is 3.55. The topological polar surface area (TPSA) is 50.7 Å². The second kappa shape index (κ2) is 7.00. The number of fused-ring (bicyclic) bond motifs is 3. The summed E-state index contributed by atoms with van der Waals surface area (Å²) in [5.74, 6) is 3.01. The molecule has 0 saturated heterocycles. The Morgan fingerprint density at radius 2 is 1.83 bits per heavy atom. The van der Waals surface area contributed by atoms with E-state index < -0.39 is 5.41 Å². The number of carbonyl (C=O) groups is 1. The van der Waals surface area contributed by atoms with Crippen molar-refractivity contribution in [2.45, 2.75) is 70.6 Å². The molecule has 2 bridgehead atoms. The van der Waals surface area contributed by atoms with Crippen LogP contribution in [0.15, 0.2) is 47.5 Å². The van der Waals surface area contributed by atoms with E-state index >= 15 is 0 Å². The third kappa shape index (κ3) is 3.62. The lowest BCUT2D eigenvalue weighted by atomic mass is 9.61. The molecule has 4 atom stereocenters. The SMILES string of the molecule is CC1CC2CC(C)CC(NC(=O)C34C=CC(OCc5ccccc5)=NC3C4)(C1)C2. The van der Waals surface area contributed by atoms with Gasteiger partial charge in [-0.1, -0.05) is 50.3 Å². The van der Waals surface area contributed by atoms with Gasteiger partial charge in [0.1, 0.15) is 6.61 Å². The van der Waals surface area contributed by atoms with Crippen LogP contribution in [0.25, 0.3) is 0 Å². The number of amides is 1. The van der Waals surface area contributed by atoms with E-state index in [2.05, 4.69) is 19.2 Å². The van der Waals surface area contributed by atoms with Gasteiger partial charge in [0, 0.05) is 5.54 Å². The molecule has 29 heavy (non-hydrogen) atoms. The molecule has 5 rings (SSSR count). The summed E-state index contributed by atoms with van der Waals surface area (Å²) in [6.07, 6.45) is 10.8. The van der Waals surface area contributed by atoms with Crippen LogP contribution in [-0.4, -0.2) is 23.4 Å². The van der Waals surface area contributed by atoms with Gasteiger partial charge in [-0.15, -0.1) is 0 Å². The first kappa shape index (κ1) is 18.9. The first-order chi connectivity index (χ1) is 14.0. The second-order valence-corrected chi connectivity index (χ2v) is 10.2. The minimum Gasteiger partial charge on any atom is -0.473 e. The summed E-state index contributed by atoms with van der Waals surface area (Å²) in [6, 6.07) is 10.1. The maximum Gasteiger partial charge on any atom is 0.232 e. The van der Waals surface area contributed by atoms with Gasteiger partial charge >= 0.3 is 0 Å². The smallest absolute Gasteiger partial charge is 0.232 e. The number of dihydropyridines is 1. The monoisotopic (exact) mass is 392 g/mol. The summed E-state index contributed by atoms with van der Waals surface area (Å²) >= 11 is 0. The Bertz CT molecular complexity index is 826. The fourth-order valence-corrected chi connectivity index (χ4v) is 6.37. The van der Waals surface area contributed by atoms with Crippen LogP contribution < -0.4 is 5.32 Å². The molecule has 1 aromatic rings. The molecule has 4 heteroatoms. The molecule has 154 valence electrons. The van der Waals surface area contributed by atoms with Gasteiger partial charge in [-0.25, -0.2) is 4.99 Å². The highest BCUT2D eigenvalue weighted by Crippen LogP contribution is 2.54. The zero-order valence-electron chi connectivity index (χ0n) is 17.6. The fourth-order valence-electron chi connectivity index (χ4n) is 6.37. The number of aliphatic imine (C=N–C) groups is 1. The predicted octanol–water partition coefficient (Wildman–Crippen LogP) is 4.65. The second-order valence-electron chi connectivity index (χ2n) is 10.2. The Hall–Kier alpha value is -2.10. The summed E-state index contributed by atoms with van der Waals surface area (Å²) in [6.45, 7) is 5.21. The highest BCUT2D eigenvalue weighted by atomic mass is 16.5. The molecule has 4 aliphatic rings. The molecule has 3 saturated carbocycles. The van der Waals surface area contributed by atoms with Gasteiger partial charge in [0.25, 0.3) is 0 Å². The Morgan fingerprint density at radius 1 is 1.10 bits per heavy atom. The molecule has 1 N–H and O–H groups in total. The fraction of sp³-hybridized carbons (Fsp3) is 0.600. The number of benzene rings is 1. The van der Waals surface area contributed by atoms with E-state index in [1.54, 1.807) is 0 Å². The van der Waals surface area contributed by atoms with Gasteiger partial charge in [-0.05, 0) is 67.9 Å². The van der Waals surface area contributed by atoms with E-state index in [1.165, 1.54) is 12.8 Å². The van der Waals surface area contributed by atoms with Gasteiger partial charge in [0.2, 0.25) is 11.8 Å². The minimum atomic E-state index is -0.439. The van der Waals surface area contributed by atoms with Crippen molar-refractivity contribution in [3.63, 3.8) is 0 Å². The molecule has 0 radical (unpaired) electrons. The van der Waals surface area contributed by atoms with Crippen molar-refractivity contribution in [1.29, 1.82) is 0 Å². The standard InChI is InChI=1S/C25H32N2O2/c1-17-10-20-11-18(2)13-24(12-17,14-20)27-23(28)25-9-8-22(26-21(25)15-25)29-16-19-6-4-3-5-7-19/h3-9,17-18,20-21H,10-16H2,1-2H3,(H,27,28). The molecule has 3 fully saturated rings. The summed E-state index contributed by atoms with van der Waals surface area (Å²) in [7, 11) is 0. The number of nitrogens with zero attached hydrogens (tertiary/aromatic N) is 1. The van der Waals surface area contributed by atoms with Crippen molar-refractivity contribution in [3.8, 4) is 0 Å². The lowest BCUT2D eigenvalue weighted by Crippen LogP contribution is -2.58. The van der Waals surface area contributed by atoms with Crippen molar-refractivity contribution in [2.24, 2.45) is 28.2 Å². The number of ether oxygens (including phenoxy) is 1. The van der Waals surface area contributed by atoms with Gasteiger partial charge in [0.15, 0.2) is 0 Å². The van der Waals surface area contributed by atoms with Crippen LogP contribution in [0.4, 0.5) is 0 Å². The third-order valence-electron chi connectivity index (χ3n) is 7.43. The molecule has 1 aliphatic heterocycles. The highest BCUT2D eigenvalue weighted by Gasteiger charge is 2.61. The summed E-state index contributed by atoms with van der Waals surface area (Å²) < 4.78 is 5.86. The largest absolute Gasteiger partial charge is 0.473 e. The Balaban J connectivity index is 1.23. The zero-order chi connectivity index (χ0) is 20.1. The molecule has 0 spiro atoms. The number of nitrogens with one attached hydrogen (secondary N) is 1. The molecule has 3 aliphatic carbocycles. The van der Waals surface area contributed by atoms with E-state index in [1.807, 2.05) is 42.5 Å². The van der Waals surface area contributed by atoms with Crippen LogP contribution >= 0.6 is 0 Å². The van der Waals surface area contributed by atoms with Gasteiger partial charge < -0.3 is 10.1 Å². The van der Waals surface area contributed by atoms with Crippen molar-refractivity contribution in [2.75, 3.05) is 0 Å². The molecule has 0 aromatic heterocycles. The van der Waals surface area contributed by atoms with Crippen molar-refractivity contribution >= 4 is 11.8 Å². The molecule has 1 heterocycles. The van der Waals surface area contributed by atoms with Crippen LogP contribution in [0.1, 0.15) is 57.9 Å². The highest BCUT2D eigenvalue weighted by molar-refractivity contribution is 5.96. The number of rotatable bonds is 4. The van der Waals surface area contributed by atoms with E-state index in [0.29, 0.717) is 24.3 Å². The Kier molecular flexibility index (Phi) is 4.56. The maximum absolute atomic E-state index is 13.4. The average Bonchev–Trinajstić information content (AvgIpc) is 3.41. The number of hydrogen-bond acceptors (Lipinski definition) is 3. The molecular weight excluding hydrogens is 360 g/mol. The van der Waals surface area contributed by atoms with Crippen molar-refractivity contribution in [1.82, 2.24) is 5.32 Å². The first-order valence-electron chi connectivity index (χ1n) is 11.2. The minimum absolute atomic E-state index is 0.000609. The van der Waals surface area contributed by atoms with Crippen molar-refractivity contribution in [3.05, 3.63) is 48.0 Å². The van der Waals surface area contributed by atoms with Crippen LogP contribution in [-0.2, 0) is 16.1 Å². The molecule has 1 amide bonds. The number of carbonyl (C=O) groups excluding carboxylic acids is 1. The van der Waals surface area contributed by atoms with Gasteiger partial charge in [0.05, 0.1) is 11.5 Å². The van der Waals surface area contributed by atoms with Crippen LogP contribution in [0.3, 0.4) is 0 Å². The predicted molar refractivity (Wildman–Crippen MR) is 114 cm³/mol. The number of hydrogen-bond donors (Lipinski definition) is 1. The maximum atomic E-state index is 13.4. The third-order valence-corrected chi connectivity index (χ3v) is 7.43. The van der Waals surface area contributed by atoms with E-state index in [-0.39, 0.29) is 17.5 Å². The first-order valence-corrected chi connectivity index (χ1v) is 11.2. The zero-order valence-corrected chi connectivity index (χ0v) is 17.6. The summed E-state index contributed by atoms with van der Waals surface area (Å²) in [5.41, 5.74) is 0.687. The molecular formula is C25H32N2O2. The Labute approximate surface area is 173 Å². The molecule has 4 nitrogen and oxygen atoms in total.